The highest BCUT2D eigenvalue weighted by Gasteiger charge is 2.11. The van der Waals surface area contributed by atoms with Gasteiger partial charge in [0.2, 0.25) is 0 Å². The number of rotatable bonds is 6. The van der Waals surface area contributed by atoms with Crippen molar-refractivity contribution < 1.29 is 9.53 Å². The minimum Gasteiger partial charge on any atom is -0.487 e. The molecule has 6 heteroatoms. The summed E-state index contributed by atoms with van der Waals surface area (Å²) in [6, 6.07) is 22.1. The number of carbonyl (C=O) groups is 1. The van der Waals surface area contributed by atoms with Crippen LogP contribution in [0.5, 0.6) is 5.75 Å². The van der Waals surface area contributed by atoms with E-state index >= 15 is 0 Å². The molecule has 144 valence electrons. The highest BCUT2D eigenvalue weighted by Crippen LogP contribution is 2.14. The summed E-state index contributed by atoms with van der Waals surface area (Å²) < 4.78 is 5.70. The summed E-state index contributed by atoms with van der Waals surface area (Å²) in [6.07, 6.45) is 1.73. The second-order valence-corrected chi connectivity index (χ2v) is 6.54. The number of aromatic nitrogens is 2. The molecule has 0 aliphatic carbocycles. The van der Waals surface area contributed by atoms with Crippen LogP contribution in [0, 0.1) is 0 Å². The first kappa shape index (κ1) is 18.4. The molecule has 0 saturated carbocycles. The molecule has 0 radical (unpaired) electrons. The molecule has 0 saturated heterocycles. The van der Waals surface area contributed by atoms with E-state index in [1.807, 2.05) is 60.7 Å². The third-order valence-electron chi connectivity index (χ3n) is 4.49. The van der Waals surface area contributed by atoms with Crippen LogP contribution in [0.15, 0.2) is 83.8 Å². The molecular weight excluding hydrogens is 366 g/mol. The van der Waals surface area contributed by atoms with Gasteiger partial charge in [0, 0.05) is 18.3 Å². The zero-order valence-electron chi connectivity index (χ0n) is 15.6. The molecule has 2 aromatic carbocycles. The average molecular weight is 385 g/mol. The Morgan fingerprint density at radius 2 is 1.79 bits per heavy atom. The minimum absolute atomic E-state index is 0.0963. The van der Waals surface area contributed by atoms with Gasteiger partial charge < -0.3 is 15.0 Å². The molecule has 2 N–H and O–H groups in total. The van der Waals surface area contributed by atoms with Crippen molar-refractivity contribution in [3.63, 3.8) is 0 Å². The van der Waals surface area contributed by atoms with Gasteiger partial charge in [-0.3, -0.25) is 14.6 Å². The molecule has 0 aliphatic heterocycles. The van der Waals surface area contributed by atoms with Crippen molar-refractivity contribution in [1.29, 1.82) is 0 Å². The van der Waals surface area contributed by atoms with Gasteiger partial charge in [0.15, 0.2) is 0 Å². The molecule has 1 amide bonds. The molecule has 0 spiro atoms. The Bertz CT molecular complexity index is 1190. The molecular formula is C23H19N3O3. The quantitative estimate of drug-likeness (QED) is 0.533. The number of benzene rings is 2. The molecule has 29 heavy (non-hydrogen) atoms. The number of carbonyl (C=O) groups excluding carboxylic acids is 1. The average Bonchev–Trinajstić information content (AvgIpc) is 2.77. The van der Waals surface area contributed by atoms with Crippen LogP contribution in [0.4, 0.5) is 0 Å². The molecule has 4 rings (SSSR count). The number of nitrogens with one attached hydrogen (secondary N) is 2. The summed E-state index contributed by atoms with van der Waals surface area (Å²) in [5.74, 6) is 0.309. The third kappa shape index (κ3) is 4.50. The summed E-state index contributed by atoms with van der Waals surface area (Å²) >= 11 is 0. The summed E-state index contributed by atoms with van der Waals surface area (Å²) in [7, 11) is 0. The predicted octanol–water partition coefficient (Wildman–Crippen LogP) is 3.43. The second kappa shape index (κ2) is 8.39. The van der Waals surface area contributed by atoms with Crippen LogP contribution in [0.25, 0.3) is 10.9 Å². The van der Waals surface area contributed by atoms with Gasteiger partial charge in [-0.1, -0.05) is 36.4 Å². The second-order valence-electron chi connectivity index (χ2n) is 6.54. The van der Waals surface area contributed by atoms with Gasteiger partial charge in [0.25, 0.3) is 11.5 Å². The van der Waals surface area contributed by atoms with E-state index in [0.29, 0.717) is 18.7 Å². The number of H-pyrrole nitrogens is 1. The largest absolute Gasteiger partial charge is 0.487 e. The highest BCUT2D eigenvalue weighted by molar-refractivity contribution is 5.97. The van der Waals surface area contributed by atoms with E-state index < -0.39 is 11.5 Å². The first-order chi connectivity index (χ1) is 14.2. The van der Waals surface area contributed by atoms with Gasteiger partial charge in [0.05, 0.1) is 5.69 Å². The Hall–Kier alpha value is -3.93. The molecule has 0 aliphatic rings. The topological polar surface area (TPSA) is 84.1 Å². The Kier molecular flexibility index (Phi) is 5.33. The maximum atomic E-state index is 12.4. The van der Waals surface area contributed by atoms with Crippen LogP contribution in [-0.2, 0) is 13.2 Å². The molecule has 6 nitrogen and oxygen atoms in total. The standard InChI is InChI=1S/C23H19N3O3/c27-22(20-13-17-5-1-2-7-21(17)26-23(20)28)25-14-16-8-10-19(11-9-16)29-15-18-6-3-4-12-24-18/h1-13H,14-15H2,(H,25,27)(H,26,28). The fourth-order valence-electron chi connectivity index (χ4n) is 2.94. The molecule has 0 bridgehead atoms. The van der Waals surface area contributed by atoms with Crippen molar-refractivity contribution >= 4 is 16.8 Å². The van der Waals surface area contributed by atoms with Crippen LogP contribution < -0.4 is 15.6 Å². The molecule has 0 fully saturated rings. The smallest absolute Gasteiger partial charge is 0.261 e. The van der Waals surface area contributed by atoms with E-state index in [2.05, 4.69) is 15.3 Å². The van der Waals surface area contributed by atoms with Crippen molar-refractivity contribution in [2.24, 2.45) is 0 Å². The number of aromatic amines is 1. The van der Waals surface area contributed by atoms with Crippen LogP contribution in [-0.4, -0.2) is 15.9 Å². The van der Waals surface area contributed by atoms with E-state index in [-0.39, 0.29) is 5.56 Å². The first-order valence-corrected chi connectivity index (χ1v) is 9.21. The Balaban J connectivity index is 1.37. The van der Waals surface area contributed by atoms with Gasteiger partial charge in [-0.05, 0) is 47.3 Å². The van der Waals surface area contributed by atoms with E-state index in [0.717, 1.165) is 22.4 Å². The number of fused-ring (bicyclic) bond motifs is 1. The number of nitrogens with zero attached hydrogens (tertiary/aromatic N) is 1. The third-order valence-corrected chi connectivity index (χ3v) is 4.49. The van der Waals surface area contributed by atoms with Crippen molar-refractivity contribution in [3.8, 4) is 5.75 Å². The number of pyridine rings is 2. The van der Waals surface area contributed by atoms with Crippen LogP contribution in [0.2, 0.25) is 0 Å². The van der Waals surface area contributed by atoms with Gasteiger partial charge >= 0.3 is 0 Å². The van der Waals surface area contributed by atoms with Gasteiger partial charge in [-0.2, -0.15) is 0 Å². The normalized spacial score (nSPS) is 10.6. The lowest BCUT2D eigenvalue weighted by Gasteiger charge is -2.08. The Morgan fingerprint density at radius 3 is 2.59 bits per heavy atom. The zero-order valence-corrected chi connectivity index (χ0v) is 15.6. The molecule has 0 atom stereocenters. The van der Waals surface area contributed by atoms with Crippen LogP contribution in [0.3, 0.4) is 0 Å². The number of hydrogen-bond acceptors (Lipinski definition) is 4. The van der Waals surface area contributed by atoms with Gasteiger partial charge in [0.1, 0.15) is 17.9 Å². The molecule has 4 aromatic rings. The van der Waals surface area contributed by atoms with Gasteiger partial charge in [-0.15, -0.1) is 0 Å². The Labute approximate surface area is 167 Å². The van der Waals surface area contributed by atoms with E-state index in [1.54, 1.807) is 18.3 Å². The van der Waals surface area contributed by atoms with E-state index in [4.69, 9.17) is 4.74 Å². The number of ether oxygens (including phenoxy) is 1. The van der Waals surface area contributed by atoms with Crippen molar-refractivity contribution in [1.82, 2.24) is 15.3 Å². The summed E-state index contributed by atoms with van der Waals surface area (Å²) in [5, 5.41) is 3.60. The maximum absolute atomic E-state index is 12.4. The molecule has 2 heterocycles. The first-order valence-electron chi connectivity index (χ1n) is 9.21. The summed E-state index contributed by atoms with van der Waals surface area (Å²) in [5.41, 5.74) is 2.15. The summed E-state index contributed by atoms with van der Waals surface area (Å²) in [4.78, 5) is 31.6. The lowest BCUT2D eigenvalue weighted by atomic mass is 10.1. The maximum Gasteiger partial charge on any atom is 0.261 e. The summed E-state index contributed by atoms with van der Waals surface area (Å²) in [6.45, 7) is 0.702. The lowest BCUT2D eigenvalue weighted by molar-refractivity contribution is 0.0949. The van der Waals surface area contributed by atoms with Crippen molar-refractivity contribution in [2.75, 3.05) is 0 Å². The van der Waals surface area contributed by atoms with Crippen molar-refractivity contribution in [2.45, 2.75) is 13.2 Å². The number of amides is 1. The fraction of sp³-hybridized carbons (Fsp3) is 0.0870. The lowest BCUT2D eigenvalue weighted by Crippen LogP contribution is -2.29. The van der Waals surface area contributed by atoms with Crippen LogP contribution >= 0.6 is 0 Å². The highest BCUT2D eigenvalue weighted by atomic mass is 16.5. The Morgan fingerprint density at radius 1 is 1.00 bits per heavy atom. The number of hydrogen-bond donors (Lipinski definition) is 2. The predicted molar refractivity (Wildman–Crippen MR) is 111 cm³/mol. The molecule has 2 aromatic heterocycles. The fourth-order valence-corrected chi connectivity index (χ4v) is 2.94. The monoisotopic (exact) mass is 385 g/mol. The van der Waals surface area contributed by atoms with Crippen LogP contribution in [0.1, 0.15) is 21.6 Å². The number of para-hydroxylation sites is 1. The van der Waals surface area contributed by atoms with Gasteiger partial charge in [-0.25, -0.2) is 0 Å². The van der Waals surface area contributed by atoms with Crippen molar-refractivity contribution in [3.05, 3.63) is 106 Å². The zero-order chi connectivity index (χ0) is 20.1. The SMILES string of the molecule is O=C(NCc1ccc(OCc2ccccn2)cc1)c1cc2ccccc2[nH]c1=O. The minimum atomic E-state index is -0.410. The van der Waals surface area contributed by atoms with E-state index in [1.165, 1.54) is 0 Å². The van der Waals surface area contributed by atoms with E-state index in [9.17, 15) is 9.59 Å². The molecule has 0 unspecified atom stereocenters.